The van der Waals surface area contributed by atoms with Crippen molar-refractivity contribution in [2.24, 2.45) is 5.73 Å². The van der Waals surface area contributed by atoms with Gasteiger partial charge in [-0.15, -0.1) is 0 Å². The fourth-order valence-corrected chi connectivity index (χ4v) is 3.34. The number of halogens is 1. The summed E-state index contributed by atoms with van der Waals surface area (Å²) in [4.78, 5) is 5.07. The lowest BCUT2D eigenvalue weighted by Crippen LogP contribution is -2.49. The minimum Gasteiger partial charge on any atom is -0.369 e. The Morgan fingerprint density at radius 1 is 1.19 bits per heavy atom. The van der Waals surface area contributed by atoms with Crippen molar-refractivity contribution in [2.45, 2.75) is 45.7 Å². The summed E-state index contributed by atoms with van der Waals surface area (Å²) in [7, 11) is 0. The zero-order chi connectivity index (χ0) is 15.4. The summed E-state index contributed by atoms with van der Waals surface area (Å²) < 4.78 is 1.14. The topological polar surface area (TPSA) is 32.5 Å². The lowest BCUT2D eigenvalue weighted by atomic mass is 10.0. The van der Waals surface area contributed by atoms with Crippen LogP contribution in [0.5, 0.6) is 0 Å². The standard InChI is InChI=1S/C17H28BrN3/c1-4-16(19)12-14-11-15(18)5-6-17(14)21-9-7-20(8-10-21)13(2)3/h5-6,11,13,16H,4,7-10,12,19H2,1-3H3. The highest BCUT2D eigenvalue weighted by Crippen LogP contribution is 2.27. The smallest absolute Gasteiger partial charge is 0.0401 e. The molecule has 1 fully saturated rings. The van der Waals surface area contributed by atoms with Crippen LogP contribution in [0.2, 0.25) is 0 Å². The molecule has 0 saturated carbocycles. The molecule has 2 rings (SSSR count). The Bertz CT molecular complexity index is 453. The molecule has 1 aromatic carbocycles. The molecular weight excluding hydrogens is 326 g/mol. The molecule has 1 aromatic rings. The van der Waals surface area contributed by atoms with Gasteiger partial charge in [0, 0.05) is 48.4 Å². The molecule has 2 N–H and O–H groups in total. The average molecular weight is 354 g/mol. The molecule has 1 atom stereocenters. The van der Waals surface area contributed by atoms with E-state index in [-0.39, 0.29) is 6.04 Å². The van der Waals surface area contributed by atoms with Crippen molar-refractivity contribution >= 4 is 21.6 Å². The van der Waals surface area contributed by atoms with Crippen molar-refractivity contribution < 1.29 is 0 Å². The van der Waals surface area contributed by atoms with Crippen LogP contribution in [0.1, 0.15) is 32.8 Å². The van der Waals surface area contributed by atoms with E-state index in [9.17, 15) is 0 Å². The Hall–Kier alpha value is -0.580. The summed E-state index contributed by atoms with van der Waals surface area (Å²) in [6.07, 6.45) is 1.97. The molecule has 3 nitrogen and oxygen atoms in total. The van der Waals surface area contributed by atoms with Crippen LogP contribution in [0.4, 0.5) is 5.69 Å². The third-order valence-electron chi connectivity index (χ3n) is 4.43. The van der Waals surface area contributed by atoms with Crippen molar-refractivity contribution in [2.75, 3.05) is 31.1 Å². The molecule has 1 heterocycles. The average Bonchev–Trinajstić information content (AvgIpc) is 2.47. The minimum absolute atomic E-state index is 0.245. The molecule has 21 heavy (non-hydrogen) atoms. The predicted octanol–water partition coefficient (Wildman–Crippen LogP) is 3.26. The Kier molecular flexibility index (Phi) is 6.08. The van der Waals surface area contributed by atoms with Crippen molar-refractivity contribution in [1.29, 1.82) is 0 Å². The van der Waals surface area contributed by atoms with Gasteiger partial charge in [-0.1, -0.05) is 22.9 Å². The van der Waals surface area contributed by atoms with Gasteiger partial charge in [0.05, 0.1) is 0 Å². The molecule has 118 valence electrons. The van der Waals surface area contributed by atoms with Crippen LogP contribution in [0.15, 0.2) is 22.7 Å². The highest BCUT2D eigenvalue weighted by Gasteiger charge is 2.21. The molecule has 0 aliphatic carbocycles. The molecule has 4 heteroatoms. The second-order valence-electron chi connectivity index (χ2n) is 6.26. The lowest BCUT2D eigenvalue weighted by molar-refractivity contribution is 0.209. The Labute approximate surface area is 137 Å². The van der Waals surface area contributed by atoms with E-state index in [0.29, 0.717) is 6.04 Å². The van der Waals surface area contributed by atoms with E-state index in [4.69, 9.17) is 5.73 Å². The van der Waals surface area contributed by atoms with Gasteiger partial charge in [-0.05, 0) is 50.5 Å². The number of hydrogen-bond donors (Lipinski definition) is 1. The summed E-state index contributed by atoms with van der Waals surface area (Å²) >= 11 is 3.59. The van der Waals surface area contributed by atoms with Crippen LogP contribution in [0, 0.1) is 0 Å². The van der Waals surface area contributed by atoms with Crippen molar-refractivity contribution in [3.05, 3.63) is 28.2 Å². The maximum atomic E-state index is 6.17. The van der Waals surface area contributed by atoms with E-state index in [1.807, 2.05) is 0 Å². The van der Waals surface area contributed by atoms with Crippen LogP contribution in [-0.4, -0.2) is 43.2 Å². The zero-order valence-corrected chi connectivity index (χ0v) is 15.1. The van der Waals surface area contributed by atoms with Gasteiger partial charge in [-0.3, -0.25) is 4.90 Å². The first-order valence-corrected chi connectivity index (χ1v) is 8.83. The lowest BCUT2D eigenvalue weighted by Gasteiger charge is -2.39. The molecule has 0 bridgehead atoms. The quantitative estimate of drug-likeness (QED) is 0.881. The molecule has 1 unspecified atom stereocenters. The maximum Gasteiger partial charge on any atom is 0.0401 e. The number of nitrogens with zero attached hydrogens (tertiary/aromatic N) is 2. The van der Waals surface area contributed by atoms with Gasteiger partial charge < -0.3 is 10.6 Å². The largest absolute Gasteiger partial charge is 0.369 e. The van der Waals surface area contributed by atoms with Crippen LogP contribution in [-0.2, 0) is 6.42 Å². The highest BCUT2D eigenvalue weighted by atomic mass is 79.9. The molecule has 1 aliphatic rings. The fourth-order valence-electron chi connectivity index (χ4n) is 2.93. The van der Waals surface area contributed by atoms with Crippen LogP contribution >= 0.6 is 15.9 Å². The summed E-state index contributed by atoms with van der Waals surface area (Å²) in [5.74, 6) is 0. The molecule has 0 spiro atoms. The molecule has 0 amide bonds. The van der Waals surface area contributed by atoms with Crippen LogP contribution in [0.25, 0.3) is 0 Å². The normalized spacial score (nSPS) is 18.3. The molecule has 1 saturated heterocycles. The van der Waals surface area contributed by atoms with Crippen LogP contribution < -0.4 is 10.6 Å². The summed E-state index contributed by atoms with van der Waals surface area (Å²) in [5, 5.41) is 0. The maximum absolute atomic E-state index is 6.17. The number of nitrogens with two attached hydrogens (primary N) is 1. The number of rotatable bonds is 5. The van der Waals surface area contributed by atoms with Gasteiger partial charge in [0.25, 0.3) is 0 Å². The third kappa shape index (κ3) is 4.44. The molecule has 0 radical (unpaired) electrons. The number of hydrogen-bond acceptors (Lipinski definition) is 3. The Balaban J connectivity index is 2.12. The second kappa shape index (κ2) is 7.61. The van der Waals surface area contributed by atoms with Gasteiger partial charge in [0.1, 0.15) is 0 Å². The number of anilines is 1. The van der Waals surface area contributed by atoms with Crippen molar-refractivity contribution in [3.63, 3.8) is 0 Å². The zero-order valence-electron chi connectivity index (χ0n) is 13.5. The second-order valence-corrected chi connectivity index (χ2v) is 7.18. The van der Waals surface area contributed by atoms with Gasteiger partial charge in [0.2, 0.25) is 0 Å². The number of piperazine rings is 1. The van der Waals surface area contributed by atoms with E-state index in [0.717, 1.165) is 43.5 Å². The van der Waals surface area contributed by atoms with Gasteiger partial charge in [0.15, 0.2) is 0 Å². The monoisotopic (exact) mass is 353 g/mol. The highest BCUT2D eigenvalue weighted by molar-refractivity contribution is 9.10. The first kappa shape index (κ1) is 16.8. The van der Waals surface area contributed by atoms with E-state index >= 15 is 0 Å². The predicted molar refractivity (Wildman–Crippen MR) is 95.0 cm³/mol. The van der Waals surface area contributed by atoms with E-state index in [2.05, 4.69) is 64.7 Å². The fraction of sp³-hybridized carbons (Fsp3) is 0.647. The van der Waals surface area contributed by atoms with Crippen LogP contribution in [0.3, 0.4) is 0 Å². The van der Waals surface area contributed by atoms with E-state index < -0.39 is 0 Å². The third-order valence-corrected chi connectivity index (χ3v) is 4.93. The van der Waals surface area contributed by atoms with Crippen molar-refractivity contribution in [3.8, 4) is 0 Å². The number of benzene rings is 1. The molecule has 0 aromatic heterocycles. The van der Waals surface area contributed by atoms with Gasteiger partial charge in [-0.25, -0.2) is 0 Å². The SMILES string of the molecule is CCC(N)Cc1cc(Br)ccc1N1CCN(C(C)C)CC1. The molecular formula is C17H28BrN3. The summed E-state index contributed by atoms with van der Waals surface area (Å²) in [6, 6.07) is 7.51. The first-order valence-electron chi connectivity index (χ1n) is 8.04. The molecule has 1 aliphatic heterocycles. The summed E-state index contributed by atoms with van der Waals surface area (Å²) in [6.45, 7) is 11.2. The Morgan fingerprint density at radius 3 is 2.43 bits per heavy atom. The van der Waals surface area contributed by atoms with Gasteiger partial charge >= 0.3 is 0 Å². The first-order chi connectivity index (χ1) is 10.0. The minimum atomic E-state index is 0.245. The summed E-state index contributed by atoms with van der Waals surface area (Å²) in [5.41, 5.74) is 8.91. The van der Waals surface area contributed by atoms with Gasteiger partial charge in [-0.2, -0.15) is 0 Å². The van der Waals surface area contributed by atoms with E-state index in [1.165, 1.54) is 11.3 Å². The van der Waals surface area contributed by atoms with Crippen molar-refractivity contribution in [1.82, 2.24) is 4.90 Å². The Morgan fingerprint density at radius 2 is 1.86 bits per heavy atom. The van der Waals surface area contributed by atoms with E-state index in [1.54, 1.807) is 0 Å².